The molecule has 1 N–H and O–H groups in total. The lowest BCUT2D eigenvalue weighted by molar-refractivity contribution is -0.152. The van der Waals surface area contributed by atoms with E-state index in [4.69, 9.17) is 16.3 Å². The largest absolute Gasteiger partial charge is 0.454 e. The van der Waals surface area contributed by atoms with Crippen molar-refractivity contribution in [3.63, 3.8) is 0 Å². The van der Waals surface area contributed by atoms with Crippen LogP contribution < -0.4 is 5.32 Å². The van der Waals surface area contributed by atoms with Gasteiger partial charge in [0.05, 0.1) is 11.1 Å². The zero-order chi connectivity index (χ0) is 25.5. The Kier molecular flexibility index (Phi) is 9.50. The van der Waals surface area contributed by atoms with E-state index in [0.717, 1.165) is 12.0 Å². The van der Waals surface area contributed by atoms with Gasteiger partial charge in [0.2, 0.25) is 0 Å². The van der Waals surface area contributed by atoms with Crippen molar-refractivity contribution >= 4 is 131 Å². The molecule has 1 heterocycles. The number of ether oxygens (including phenoxy) is 1. The second-order valence-corrected chi connectivity index (χ2v) is 12.5. The number of rotatable bonds is 6. The molecule has 0 aliphatic carbocycles. The number of nitrogens with zero attached hydrogens (tertiary/aromatic N) is 1. The van der Waals surface area contributed by atoms with Gasteiger partial charge in [0.15, 0.2) is 6.61 Å². The fourth-order valence-corrected chi connectivity index (χ4v) is 7.27. The monoisotopic (exact) mass is 932 g/mol. The van der Waals surface area contributed by atoms with Crippen LogP contribution in [0.5, 0.6) is 0 Å². The highest BCUT2D eigenvalue weighted by atomic mass is 127. The first-order valence-corrected chi connectivity index (χ1v) is 14.5. The van der Waals surface area contributed by atoms with Gasteiger partial charge in [-0.15, -0.1) is 0 Å². The summed E-state index contributed by atoms with van der Waals surface area (Å²) in [5, 5.41) is 3.15. The highest BCUT2D eigenvalue weighted by Gasteiger charge is 2.47. The molecule has 0 saturated carbocycles. The van der Waals surface area contributed by atoms with E-state index in [9.17, 15) is 19.2 Å². The number of esters is 1. The molecule has 34 heavy (non-hydrogen) atoms. The molecule has 3 rings (SSSR count). The van der Waals surface area contributed by atoms with Crippen LogP contribution in [0.1, 0.15) is 40.1 Å². The first-order chi connectivity index (χ1) is 15.9. The Hall–Kier alpha value is -0.270. The van der Waals surface area contributed by atoms with Crippen molar-refractivity contribution < 1.29 is 23.9 Å². The van der Waals surface area contributed by atoms with Gasteiger partial charge in [-0.05, 0) is 121 Å². The maximum atomic E-state index is 13.3. The number of anilines is 1. The molecule has 1 aliphatic rings. The number of hydrogen-bond acceptors (Lipinski definition) is 5. The number of carbonyl (C=O) groups excluding carboxylic acids is 4. The third-order valence-corrected chi connectivity index (χ3v) is 13.0. The van der Waals surface area contributed by atoms with Crippen LogP contribution >= 0.6 is 102 Å². The lowest BCUT2D eigenvalue weighted by atomic mass is 10.0. The van der Waals surface area contributed by atoms with Crippen LogP contribution in [0.2, 0.25) is 5.02 Å². The number of halogens is 5. The third kappa shape index (κ3) is 5.37. The summed E-state index contributed by atoms with van der Waals surface area (Å²) in [4.78, 5) is 53.0. The summed E-state index contributed by atoms with van der Waals surface area (Å²) in [6.45, 7) is 4.62. The first-order valence-electron chi connectivity index (χ1n) is 9.83. The molecular weight excluding hydrogens is 915 g/mol. The van der Waals surface area contributed by atoms with Crippen LogP contribution in [0.4, 0.5) is 5.69 Å². The molecule has 7 nitrogen and oxygen atoms in total. The van der Waals surface area contributed by atoms with E-state index in [1.54, 1.807) is 39.0 Å². The molecule has 1 atom stereocenters. The Morgan fingerprint density at radius 3 is 2.03 bits per heavy atom. The van der Waals surface area contributed by atoms with Gasteiger partial charge in [-0.1, -0.05) is 31.5 Å². The Morgan fingerprint density at radius 1 is 1.00 bits per heavy atom. The van der Waals surface area contributed by atoms with E-state index in [1.165, 1.54) is 0 Å². The van der Waals surface area contributed by atoms with Crippen LogP contribution in [0, 0.1) is 27.1 Å². The van der Waals surface area contributed by atoms with Gasteiger partial charge in [0.1, 0.15) is 6.04 Å². The third-order valence-electron chi connectivity index (χ3n) is 5.17. The fourth-order valence-electron chi connectivity index (χ4n) is 3.45. The second-order valence-electron chi connectivity index (χ2n) is 7.74. The van der Waals surface area contributed by atoms with Crippen LogP contribution in [0.3, 0.4) is 0 Å². The van der Waals surface area contributed by atoms with Crippen molar-refractivity contribution in [3.8, 4) is 0 Å². The van der Waals surface area contributed by atoms with Gasteiger partial charge in [-0.3, -0.25) is 19.3 Å². The number of nitrogens with one attached hydrogen (secondary N) is 1. The lowest BCUT2D eigenvalue weighted by Crippen LogP contribution is -2.49. The van der Waals surface area contributed by atoms with Crippen LogP contribution in [0.15, 0.2) is 18.2 Å². The van der Waals surface area contributed by atoms with Gasteiger partial charge >= 0.3 is 5.97 Å². The minimum absolute atomic E-state index is 0.299. The second kappa shape index (κ2) is 11.4. The lowest BCUT2D eigenvalue weighted by Gasteiger charge is -2.27. The van der Waals surface area contributed by atoms with Gasteiger partial charge < -0.3 is 10.1 Å². The highest BCUT2D eigenvalue weighted by Crippen LogP contribution is 2.39. The minimum Gasteiger partial charge on any atom is -0.454 e. The number of hydrogen-bond donors (Lipinski definition) is 1. The average Bonchev–Trinajstić information content (AvgIpc) is 3.03. The molecule has 2 aromatic carbocycles. The summed E-state index contributed by atoms with van der Waals surface area (Å²) in [6, 6.07) is 3.91. The molecule has 0 radical (unpaired) electrons. The van der Waals surface area contributed by atoms with Crippen LogP contribution in [0.25, 0.3) is 0 Å². The molecule has 0 fully saturated rings. The van der Waals surface area contributed by atoms with Gasteiger partial charge in [0, 0.05) is 25.0 Å². The van der Waals surface area contributed by atoms with Crippen molar-refractivity contribution in [2.45, 2.75) is 26.8 Å². The predicted molar refractivity (Wildman–Crippen MR) is 162 cm³/mol. The molecule has 3 amide bonds. The van der Waals surface area contributed by atoms with E-state index in [0.29, 0.717) is 34.5 Å². The van der Waals surface area contributed by atoms with Crippen LogP contribution in [-0.4, -0.2) is 41.2 Å². The van der Waals surface area contributed by atoms with E-state index in [-0.39, 0.29) is 0 Å². The SMILES string of the molecule is Cc1c(Cl)cccc1NC(=O)COC(=O)C(C(C)C)N1C(=O)c2c(I)c(I)c(I)c(I)c2C1=O. The number of carbonyl (C=O) groups is 4. The van der Waals surface area contributed by atoms with Crippen molar-refractivity contribution in [2.75, 3.05) is 11.9 Å². The topological polar surface area (TPSA) is 92.8 Å². The summed E-state index contributed by atoms with van der Waals surface area (Å²) in [6.07, 6.45) is 0. The van der Waals surface area contributed by atoms with E-state index in [1.807, 2.05) is 0 Å². The van der Waals surface area contributed by atoms with Crippen molar-refractivity contribution in [3.05, 3.63) is 54.2 Å². The Labute approximate surface area is 256 Å². The molecule has 12 heteroatoms. The van der Waals surface area contributed by atoms with Gasteiger partial charge in [-0.25, -0.2) is 4.79 Å². The fraction of sp³-hybridized carbons (Fsp3) is 0.273. The number of benzene rings is 2. The van der Waals surface area contributed by atoms with Crippen molar-refractivity contribution in [2.24, 2.45) is 5.92 Å². The van der Waals surface area contributed by atoms with Crippen molar-refractivity contribution in [1.29, 1.82) is 0 Å². The highest BCUT2D eigenvalue weighted by molar-refractivity contribution is 14.1. The number of fused-ring (bicyclic) bond motifs is 1. The predicted octanol–water partition coefficient (Wildman–Crippen LogP) is 5.87. The molecule has 0 saturated heterocycles. The summed E-state index contributed by atoms with van der Waals surface area (Å²) in [7, 11) is 0. The Morgan fingerprint density at radius 2 is 1.53 bits per heavy atom. The summed E-state index contributed by atoms with van der Waals surface area (Å²) in [5.74, 6) is -2.88. The zero-order valence-electron chi connectivity index (χ0n) is 18.0. The normalized spacial score (nSPS) is 13.9. The first kappa shape index (κ1) is 28.3. The number of imide groups is 1. The minimum atomic E-state index is -1.17. The van der Waals surface area contributed by atoms with Crippen LogP contribution in [-0.2, 0) is 14.3 Å². The van der Waals surface area contributed by atoms with E-state index >= 15 is 0 Å². The maximum Gasteiger partial charge on any atom is 0.330 e. The molecule has 0 spiro atoms. The molecule has 1 aliphatic heterocycles. The summed E-state index contributed by atoms with van der Waals surface area (Å²) < 4.78 is 8.35. The molecule has 0 aromatic heterocycles. The standard InChI is InChI=1S/C22H17ClI4N2O5/c1-8(2)19(22(33)34-7-12(30)28-11-6-4-5-10(23)9(11)3)29-20(31)13-14(21(29)32)16(25)18(27)17(26)15(13)24/h4-6,8,19H,7H2,1-3H3,(H,28,30). The molecule has 1 unspecified atom stereocenters. The Bertz CT molecular complexity index is 1190. The number of amides is 3. The smallest absolute Gasteiger partial charge is 0.330 e. The Balaban J connectivity index is 1.81. The molecule has 2 aromatic rings. The van der Waals surface area contributed by atoms with Crippen molar-refractivity contribution in [1.82, 2.24) is 4.90 Å². The van der Waals surface area contributed by atoms with Gasteiger partial charge in [0.25, 0.3) is 17.7 Å². The molecule has 0 bridgehead atoms. The maximum absolute atomic E-state index is 13.3. The molecular formula is C22H17ClI4N2O5. The molecule has 180 valence electrons. The zero-order valence-corrected chi connectivity index (χ0v) is 27.4. The summed E-state index contributed by atoms with van der Waals surface area (Å²) in [5.41, 5.74) is 1.78. The van der Waals surface area contributed by atoms with E-state index < -0.39 is 42.3 Å². The summed E-state index contributed by atoms with van der Waals surface area (Å²) >= 11 is 14.5. The van der Waals surface area contributed by atoms with Gasteiger partial charge in [-0.2, -0.15) is 0 Å². The average molecular weight is 932 g/mol. The quantitative estimate of drug-likeness (QED) is 0.129. The van der Waals surface area contributed by atoms with E-state index in [2.05, 4.69) is 95.7 Å².